The third-order valence-corrected chi connectivity index (χ3v) is 2.35. The molecule has 0 aliphatic rings. The van der Waals surface area contributed by atoms with Gasteiger partial charge in [0.05, 0.1) is 5.56 Å². The molecule has 0 unspecified atom stereocenters. The Morgan fingerprint density at radius 1 is 1.57 bits per heavy atom. The van der Waals surface area contributed by atoms with Gasteiger partial charge in [0.1, 0.15) is 11.8 Å². The molecule has 1 aromatic rings. The lowest BCUT2D eigenvalue weighted by molar-refractivity contribution is -0.131. The Kier molecular flexibility index (Phi) is 3.55. The van der Waals surface area contributed by atoms with Gasteiger partial charge in [-0.2, -0.15) is 5.26 Å². The second kappa shape index (κ2) is 4.68. The summed E-state index contributed by atoms with van der Waals surface area (Å²) in [6.45, 7) is 1.33. The molecule has 0 radical (unpaired) electrons. The smallest absolute Gasteiger partial charge is 0.308 e. The highest BCUT2D eigenvalue weighted by atomic mass is 32.2. The number of thioether (sulfide) groups is 1. The highest BCUT2D eigenvalue weighted by molar-refractivity contribution is 7.98. The first kappa shape index (κ1) is 10.6. The Morgan fingerprint density at radius 2 is 2.29 bits per heavy atom. The van der Waals surface area contributed by atoms with E-state index in [-0.39, 0.29) is 5.97 Å². The fourth-order valence-electron chi connectivity index (χ4n) is 1.00. The van der Waals surface area contributed by atoms with E-state index in [4.69, 9.17) is 10.00 Å². The lowest BCUT2D eigenvalue weighted by Gasteiger charge is -2.03. The molecule has 0 amide bonds. The minimum Gasteiger partial charge on any atom is -0.427 e. The van der Waals surface area contributed by atoms with Crippen LogP contribution in [0.2, 0.25) is 0 Å². The third-order valence-electron chi connectivity index (χ3n) is 1.55. The van der Waals surface area contributed by atoms with Crippen LogP contribution >= 0.6 is 11.8 Å². The van der Waals surface area contributed by atoms with Crippen molar-refractivity contribution >= 4 is 17.7 Å². The number of esters is 1. The molecular weight excluding hydrogens is 198 g/mol. The number of hydrogen-bond acceptors (Lipinski definition) is 4. The SMILES string of the molecule is CSc1ccc(OC(C)=O)cc1C#N. The van der Waals surface area contributed by atoms with Crippen LogP contribution in [0.15, 0.2) is 23.1 Å². The molecule has 1 rings (SSSR count). The van der Waals surface area contributed by atoms with Crippen LogP contribution in [0.3, 0.4) is 0 Å². The van der Waals surface area contributed by atoms with E-state index in [1.165, 1.54) is 18.7 Å². The summed E-state index contributed by atoms with van der Waals surface area (Å²) in [5.41, 5.74) is 0.524. The summed E-state index contributed by atoms with van der Waals surface area (Å²) < 4.78 is 4.86. The van der Waals surface area contributed by atoms with Gasteiger partial charge in [-0.05, 0) is 24.5 Å². The predicted octanol–water partition coefficient (Wildman–Crippen LogP) is 2.21. The van der Waals surface area contributed by atoms with Crippen LogP contribution in [0.1, 0.15) is 12.5 Å². The molecule has 0 heterocycles. The first-order chi connectivity index (χ1) is 6.67. The van der Waals surface area contributed by atoms with Crippen molar-refractivity contribution in [2.24, 2.45) is 0 Å². The Labute approximate surface area is 86.7 Å². The van der Waals surface area contributed by atoms with Crippen molar-refractivity contribution in [3.63, 3.8) is 0 Å². The standard InChI is InChI=1S/C10H9NO2S/c1-7(12)13-9-3-4-10(14-2)8(5-9)6-11/h3-5H,1-2H3. The number of nitrogens with zero attached hydrogens (tertiary/aromatic N) is 1. The van der Waals surface area contributed by atoms with E-state index in [0.717, 1.165) is 4.90 Å². The highest BCUT2D eigenvalue weighted by Gasteiger charge is 2.04. The number of ether oxygens (including phenoxy) is 1. The van der Waals surface area contributed by atoms with Gasteiger partial charge < -0.3 is 4.74 Å². The molecule has 0 aromatic heterocycles. The maximum atomic E-state index is 10.7. The maximum absolute atomic E-state index is 10.7. The van der Waals surface area contributed by atoms with E-state index in [1.807, 2.05) is 12.3 Å². The average molecular weight is 207 g/mol. The van der Waals surface area contributed by atoms with Crippen molar-refractivity contribution in [2.45, 2.75) is 11.8 Å². The van der Waals surface area contributed by atoms with E-state index in [0.29, 0.717) is 11.3 Å². The van der Waals surface area contributed by atoms with Crippen molar-refractivity contribution in [3.8, 4) is 11.8 Å². The molecular formula is C10H9NO2S. The van der Waals surface area contributed by atoms with Crippen LogP contribution < -0.4 is 4.74 Å². The molecule has 72 valence electrons. The minimum atomic E-state index is -0.384. The van der Waals surface area contributed by atoms with Gasteiger partial charge in [0, 0.05) is 11.8 Å². The zero-order valence-electron chi connectivity index (χ0n) is 7.90. The Balaban J connectivity index is 3.03. The van der Waals surface area contributed by atoms with Gasteiger partial charge in [0.2, 0.25) is 0 Å². The Bertz CT molecular complexity index is 396. The molecule has 0 N–H and O–H groups in total. The number of benzene rings is 1. The summed E-state index contributed by atoms with van der Waals surface area (Å²) in [6, 6.07) is 7.05. The molecule has 0 fully saturated rings. The number of carbonyl (C=O) groups excluding carboxylic acids is 1. The van der Waals surface area contributed by atoms with Crippen LogP contribution in [-0.4, -0.2) is 12.2 Å². The summed E-state index contributed by atoms with van der Waals surface area (Å²) in [4.78, 5) is 11.5. The van der Waals surface area contributed by atoms with Crippen molar-refractivity contribution in [1.29, 1.82) is 5.26 Å². The molecule has 4 heteroatoms. The quantitative estimate of drug-likeness (QED) is 0.424. The van der Waals surface area contributed by atoms with E-state index in [9.17, 15) is 4.79 Å². The summed E-state index contributed by atoms with van der Waals surface area (Å²) in [6.07, 6.45) is 1.89. The lowest BCUT2D eigenvalue weighted by Crippen LogP contribution is -2.01. The van der Waals surface area contributed by atoms with Crippen LogP contribution in [-0.2, 0) is 4.79 Å². The fourth-order valence-corrected chi connectivity index (χ4v) is 1.53. The third kappa shape index (κ3) is 2.51. The Morgan fingerprint density at radius 3 is 2.79 bits per heavy atom. The molecule has 0 saturated carbocycles. The zero-order chi connectivity index (χ0) is 10.6. The monoisotopic (exact) mass is 207 g/mol. The lowest BCUT2D eigenvalue weighted by atomic mass is 10.2. The van der Waals surface area contributed by atoms with Gasteiger partial charge in [-0.3, -0.25) is 4.79 Å². The number of nitriles is 1. The molecule has 0 aliphatic heterocycles. The summed E-state index contributed by atoms with van der Waals surface area (Å²) in [7, 11) is 0. The first-order valence-electron chi connectivity index (χ1n) is 3.94. The van der Waals surface area contributed by atoms with Gasteiger partial charge in [-0.15, -0.1) is 11.8 Å². The van der Waals surface area contributed by atoms with Crippen molar-refractivity contribution in [2.75, 3.05) is 6.26 Å². The fraction of sp³-hybridized carbons (Fsp3) is 0.200. The molecule has 14 heavy (non-hydrogen) atoms. The van der Waals surface area contributed by atoms with E-state index >= 15 is 0 Å². The second-order valence-corrected chi connectivity index (χ2v) is 3.42. The number of hydrogen-bond donors (Lipinski definition) is 0. The van der Waals surface area contributed by atoms with Gasteiger partial charge in [-0.25, -0.2) is 0 Å². The Hall–Kier alpha value is -1.47. The minimum absolute atomic E-state index is 0.384. The van der Waals surface area contributed by atoms with Gasteiger partial charge in [-0.1, -0.05) is 0 Å². The second-order valence-electron chi connectivity index (χ2n) is 2.57. The van der Waals surface area contributed by atoms with Crippen LogP contribution in [0.4, 0.5) is 0 Å². The van der Waals surface area contributed by atoms with Crippen LogP contribution in [0.5, 0.6) is 5.75 Å². The van der Waals surface area contributed by atoms with Crippen LogP contribution in [0, 0.1) is 11.3 Å². The summed E-state index contributed by atoms with van der Waals surface area (Å²) in [5.74, 6) is 0.0256. The molecule has 0 bridgehead atoms. The van der Waals surface area contributed by atoms with Crippen molar-refractivity contribution in [3.05, 3.63) is 23.8 Å². The maximum Gasteiger partial charge on any atom is 0.308 e. The summed E-state index contributed by atoms with van der Waals surface area (Å²) >= 11 is 1.48. The highest BCUT2D eigenvalue weighted by Crippen LogP contribution is 2.24. The molecule has 0 aliphatic carbocycles. The molecule has 0 atom stereocenters. The number of rotatable bonds is 2. The zero-order valence-corrected chi connectivity index (χ0v) is 8.72. The topological polar surface area (TPSA) is 50.1 Å². The molecule has 0 spiro atoms. The molecule has 0 saturated heterocycles. The van der Waals surface area contributed by atoms with Gasteiger partial charge in [0.15, 0.2) is 0 Å². The largest absolute Gasteiger partial charge is 0.427 e. The normalized spacial score (nSPS) is 9.21. The van der Waals surface area contributed by atoms with Gasteiger partial charge >= 0.3 is 5.97 Å². The number of carbonyl (C=O) groups is 1. The molecule has 1 aromatic carbocycles. The van der Waals surface area contributed by atoms with E-state index < -0.39 is 0 Å². The average Bonchev–Trinajstić information content (AvgIpc) is 2.16. The predicted molar refractivity (Wildman–Crippen MR) is 54.2 cm³/mol. The first-order valence-corrected chi connectivity index (χ1v) is 5.16. The van der Waals surface area contributed by atoms with Crippen molar-refractivity contribution in [1.82, 2.24) is 0 Å². The van der Waals surface area contributed by atoms with Crippen LogP contribution in [0.25, 0.3) is 0 Å². The van der Waals surface area contributed by atoms with Gasteiger partial charge in [0.25, 0.3) is 0 Å². The molecule has 3 nitrogen and oxygen atoms in total. The van der Waals surface area contributed by atoms with Crippen molar-refractivity contribution < 1.29 is 9.53 Å². The van der Waals surface area contributed by atoms with E-state index in [2.05, 4.69) is 0 Å². The van der Waals surface area contributed by atoms with E-state index in [1.54, 1.807) is 18.2 Å². The summed E-state index contributed by atoms with van der Waals surface area (Å²) in [5, 5.41) is 8.80.